The van der Waals surface area contributed by atoms with Crippen molar-refractivity contribution in [1.29, 1.82) is 0 Å². The second-order valence-corrected chi connectivity index (χ2v) is 3.17. The summed E-state index contributed by atoms with van der Waals surface area (Å²) < 4.78 is 5.23. The zero-order valence-electron chi connectivity index (χ0n) is 7.24. The van der Waals surface area contributed by atoms with E-state index in [0.29, 0.717) is 17.6 Å². The fraction of sp³-hybridized carbons (Fsp3) is 0. The molecular weight excluding hydrogens is 200 g/mol. The van der Waals surface area contributed by atoms with Gasteiger partial charge in [0.25, 0.3) is 0 Å². The molecule has 0 radical (unpaired) electrons. The molecule has 2 rings (SSSR count). The standard InChI is InChI=1S/C11H7ClO2/c12-11-9(7-13)6-10(14-11)8-4-2-1-3-5-8/h1-7H. The molecule has 0 aliphatic heterocycles. The first kappa shape index (κ1) is 9.03. The lowest BCUT2D eigenvalue weighted by atomic mass is 10.1. The van der Waals surface area contributed by atoms with E-state index in [2.05, 4.69) is 0 Å². The number of hydrogen-bond donors (Lipinski definition) is 0. The van der Waals surface area contributed by atoms with E-state index >= 15 is 0 Å². The van der Waals surface area contributed by atoms with E-state index in [9.17, 15) is 4.79 Å². The summed E-state index contributed by atoms with van der Waals surface area (Å²) in [6.45, 7) is 0. The minimum Gasteiger partial charge on any atom is -0.444 e. The largest absolute Gasteiger partial charge is 0.444 e. The topological polar surface area (TPSA) is 30.2 Å². The van der Waals surface area contributed by atoms with Gasteiger partial charge in [0.05, 0.1) is 5.56 Å². The molecule has 0 amide bonds. The van der Waals surface area contributed by atoms with Crippen molar-refractivity contribution in [2.45, 2.75) is 0 Å². The Morgan fingerprint density at radius 1 is 1.21 bits per heavy atom. The van der Waals surface area contributed by atoms with Crippen LogP contribution in [0.4, 0.5) is 0 Å². The molecule has 0 fully saturated rings. The first-order chi connectivity index (χ1) is 6.81. The van der Waals surface area contributed by atoms with E-state index in [1.54, 1.807) is 6.07 Å². The van der Waals surface area contributed by atoms with Crippen LogP contribution in [0.1, 0.15) is 10.4 Å². The fourth-order valence-corrected chi connectivity index (χ4v) is 1.39. The average molecular weight is 207 g/mol. The Morgan fingerprint density at radius 2 is 1.93 bits per heavy atom. The molecule has 0 unspecified atom stereocenters. The normalized spacial score (nSPS) is 10.1. The summed E-state index contributed by atoms with van der Waals surface area (Å²) in [5.41, 5.74) is 1.29. The molecule has 0 N–H and O–H groups in total. The zero-order valence-corrected chi connectivity index (χ0v) is 7.99. The van der Waals surface area contributed by atoms with E-state index in [1.165, 1.54) is 0 Å². The summed E-state index contributed by atoms with van der Waals surface area (Å²) in [6.07, 6.45) is 0.679. The van der Waals surface area contributed by atoms with Crippen LogP contribution in [0.3, 0.4) is 0 Å². The molecule has 2 aromatic rings. The predicted molar refractivity (Wildman–Crippen MR) is 54.5 cm³/mol. The molecule has 0 saturated carbocycles. The van der Waals surface area contributed by atoms with Crippen molar-refractivity contribution in [2.75, 3.05) is 0 Å². The first-order valence-electron chi connectivity index (χ1n) is 4.11. The molecule has 0 saturated heterocycles. The minimum atomic E-state index is 0.138. The molecule has 2 nitrogen and oxygen atoms in total. The van der Waals surface area contributed by atoms with Gasteiger partial charge in [0.1, 0.15) is 5.76 Å². The van der Waals surface area contributed by atoms with Gasteiger partial charge in [0, 0.05) is 5.56 Å². The lowest BCUT2D eigenvalue weighted by Gasteiger charge is -1.93. The first-order valence-corrected chi connectivity index (χ1v) is 4.49. The van der Waals surface area contributed by atoms with Crippen molar-refractivity contribution in [2.24, 2.45) is 0 Å². The third-order valence-electron chi connectivity index (χ3n) is 1.90. The lowest BCUT2D eigenvalue weighted by molar-refractivity contribution is 0.112. The maximum atomic E-state index is 10.5. The molecule has 1 heterocycles. The molecule has 3 heteroatoms. The van der Waals surface area contributed by atoms with Crippen molar-refractivity contribution in [3.05, 3.63) is 47.2 Å². The summed E-state index contributed by atoms with van der Waals surface area (Å²) >= 11 is 5.70. The maximum Gasteiger partial charge on any atom is 0.204 e. The Labute approximate surface area is 86.1 Å². The summed E-state index contributed by atoms with van der Waals surface area (Å²) in [5.74, 6) is 0.609. The number of carbonyl (C=O) groups is 1. The number of halogens is 1. The lowest BCUT2D eigenvalue weighted by Crippen LogP contribution is -1.72. The number of carbonyl (C=O) groups excluding carboxylic acids is 1. The van der Waals surface area contributed by atoms with Gasteiger partial charge < -0.3 is 4.42 Å². The molecule has 0 aliphatic rings. The van der Waals surface area contributed by atoms with Crippen molar-refractivity contribution >= 4 is 17.9 Å². The summed E-state index contributed by atoms with van der Waals surface area (Å²) in [5, 5.41) is 0.138. The number of furan rings is 1. The summed E-state index contributed by atoms with van der Waals surface area (Å²) in [6, 6.07) is 11.1. The second kappa shape index (κ2) is 3.68. The molecular formula is C11H7ClO2. The van der Waals surface area contributed by atoms with Crippen LogP contribution in [-0.4, -0.2) is 6.29 Å². The molecule has 1 aromatic heterocycles. The zero-order chi connectivity index (χ0) is 9.97. The highest BCUT2D eigenvalue weighted by Crippen LogP contribution is 2.27. The SMILES string of the molecule is O=Cc1cc(-c2ccccc2)oc1Cl. The highest BCUT2D eigenvalue weighted by atomic mass is 35.5. The molecule has 0 atom stereocenters. The number of rotatable bonds is 2. The molecule has 1 aromatic carbocycles. The van der Waals surface area contributed by atoms with Crippen LogP contribution in [0, 0.1) is 0 Å². The van der Waals surface area contributed by atoms with E-state index in [1.807, 2.05) is 30.3 Å². The third-order valence-corrected chi connectivity index (χ3v) is 2.19. The number of benzene rings is 1. The van der Waals surface area contributed by atoms with Crippen LogP contribution in [0.2, 0.25) is 5.22 Å². The Morgan fingerprint density at radius 3 is 2.50 bits per heavy atom. The quantitative estimate of drug-likeness (QED) is 0.705. The van der Waals surface area contributed by atoms with Gasteiger partial charge in [0.2, 0.25) is 5.22 Å². The Balaban J connectivity index is 2.48. The van der Waals surface area contributed by atoms with E-state index in [0.717, 1.165) is 5.56 Å². The van der Waals surface area contributed by atoms with Crippen molar-refractivity contribution in [1.82, 2.24) is 0 Å². The molecule has 0 aliphatic carbocycles. The second-order valence-electron chi connectivity index (χ2n) is 2.82. The van der Waals surface area contributed by atoms with Crippen LogP contribution >= 0.6 is 11.6 Å². The molecule has 0 bridgehead atoms. The fourth-order valence-electron chi connectivity index (χ4n) is 1.21. The number of hydrogen-bond acceptors (Lipinski definition) is 2. The molecule has 0 spiro atoms. The van der Waals surface area contributed by atoms with E-state index < -0.39 is 0 Å². The monoisotopic (exact) mass is 206 g/mol. The molecule has 14 heavy (non-hydrogen) atoms. The van der Waals surface area contributed by atoms with Gasteiger partial charge >= 0.3 is 0 Å². The Hall–Kier alpha value is -1.54. The van der Waals surface area contributed by atoms with Crippen LogP contribution in [0.15, 0.2) is 40.8 Å². The predicted octanol–water partition coefficient (Wildman–Crippen LogP) is 3.41. The maximum absolute atomic E-state index is 10.5. The van der Waals surface area contributed by atoms with Crippen molar-refractivity contribution < 1.29 is 9.21 Å². The van der Waals surface area contributed by atoms with Gasteiger partial charge in [0.15, 0.2) is 6.29 Å². The summed E-state index contributed by atoms with van der Waals surface area (Å²) in [4.78, 5) is 10.5. The van der Waals surface area contributed by atoms with Crippen molar-refractivity contribution in [3.63, 3.8) is 0 Å². The van der Waals surface area contributed by atoms with Crippen LogP contribution in [0.5, 0.6) is 0 Å². The van der Waals surface area contributed by atoms with E-state index in [-0.39, 0.29) is 5.22 Å². The van der Waals surface area contributed by atoms with Crippen LogP contribution in [-0.2, 0) is 0 Å². The Kier molecular flexibility index (Phi) is 2.37. The highest BCUT2D eigenvalue weighted by molar-refractivity contribution is 6.31. The van der Waals surface area contributed by atoms with Gasteiger partial charge in [-0.1, -0.05) is 30.3 Å². The summed E-state index contributed by atoms with van der Waals surface area (Å²) in [7, 11) is 0. The van der Waals surface area contributed by atoms with Gasteiger partial charge in [-0.05, 0) is 17.7 Å². The van der Waals surface area contributed by atoms with Crippen LogP contribution < -0.4 is 0 Å². The van der Waals surface area contributed by atoms with Gasteiger partial charge in [-0.15, -0.1) is 0 Å². The van der Waals surface area contributed by atoms with Gasteiger partial charge in [-0.2, -0.15) is 0 Å². The van der Waals surface area contributed by atoms with E-state index in [4.69, 9.17) is 16.0 Å². The van der Waals surface area contributed by atoms with Gasteiger partial charge in [-0.3, -0.25) is 4.79 Å². The van der Waals surface area contributed by atoms with Gasteiger partial charge in [-0.25, -0.2) is 0 Å². The average Bonchev–Trinajstić information content (AvgIpc) is 2.61. The van der Waals surface area contributed by atoms with Crippen molar-refractivity contribution in [3.8, 4) is 11.3 Å². The number of aldehydes is 1. The molecule has 70 valence electrons. The highest BCUT2D eigenvalue weighted by Gasteiger charge is 2.08. The Bertz CT molecular complexity index is 446. The third kappa shape index (κ3) is 1.56. The van der Waals surface area contributed by atoms with Crippen LogP contribution in [0.25, 0.3) is 11.3 Å². The minimum absolute atomic E-state index is 0.138. The smallest absolute Gasteiger partial charge is 0.204 e.